The van der Waals surface area contributed by atoms with Crippen LogP contribution in [0.1, 0.15) is 32.3 Å². The molecule has 0 aliphatic rings. The Hall–Kier alpha value is -1.25. The van der Waals surface area contributed by atoms with Crippen LogP contribution >= 0.6 is 0 Å². The largest absolute Gasteiger partial charge is 0.299 e. The number of halogens is 2. The molecule has 1 atom stereocenters. The molecule has 0 fully saturated rings. The number of hydrogen-bond acceptors (Lipinski definition) is 1. The molecule has 1 nitrogen and oxygen atoms in total. The molecule has 0 aliphatic heterocycles. The van der Waals surface area contributed by atoms with E-state index in [9.17, 15) is 13.6 Å². The number of hydrogen-bond donors (Lipinski definition) is 0. The lowest BCUT2D eigenvalue weighted by atomic mass is 9.98. The van der Waals surface area contributed by atoms with Crippen molar-refractivity contribution in [2.24, 2.45) is 5.92 Å². The Morgan fingerprint density at radius 3 is 2.69 bits per heavy atom. The van der Waals surface area contributed by atoms with Gasteiger partial charge in [0.15, 0.2) is 11.6 Å². The highest BCUT2D eigenvalue weighted by Gasteiger charge is 2.13. The molecule has 0 bridgehead atoms. The van der Waals surface area contributed by atoms with Crippen LogP contribution in [0.3, 0.4) is 0 Å². The van der Waals surface area contributed by atoms with Crippen LogP contribution in [0, 0.1) is 17.6 Å². The van der Waals surface area contributed by atoms with Crippen molar-refractivity contribution in [3.05, 3.63) is 35.4 Å². The molecule has 0 saturated carbocycles. The Morgan fingerprint density at radius 2 is 2.06 bits per heavy atom. The molecule has 0 heterocycles. The van der Waals surface area contributed by atoms with Gasteiger partial charge in [0.05, 0.1) is 0 Å². The van der Waals surface area contributed by atoms with Crippen LogP contribution in [-0.2, 0) is 11.2 Å². The molecule has 1 aromatic carbocycles. The Kier molecular flexibility index (Phi) is 4.59. The van der Waals surface area contributed by atoms with Crippen LogP contribution in [0.4, 0.5) is 8.78 Å². The first-order valence-electron chi connectivity index (χ1n) is 5.49. The predicted octanol–water partition coefficient (Wildman–Crippen LogP) is 3.51. The zero-order valence-electron chi connectivity index (χ0n) is 9.59. The van der Waals surface area contributed by atoms with Gasteiger partial charge in [-0.2, -0.15) is 0 Å². The van der Waals surface area contributed by atoms with Crippen molar-refractivity contribution in [3.8, 4) is 0 Å². The summed E-state index contributed by atoms with van der Waals surface area (Å²) >= 11 is 0. The second kappa shape index (κ2) is 5.73. The molecule has 0 amide bonds. The Morgan fingerprint density at radius 1 is 1.38 bits per heavy atom. The van der Waals surface area contributed by atoms with E-state index in [1.165, 1.54) is 12.1 Å². The topological polar surface area (TPSA) is 17.1 Å². The van der Waals surface area contributed by atoms with Crippen LogP contribution < -0.4 is 0 Å². The highest BCUT2D eigenvalue weighted by molar-refractivity contribution is 5.81. The summed E-state index contributed by atoms with van der Waals surface area (Å²) in [6, 6.07) is 3.93. The van der Waals surface area contributed by atoms with Crippen molar-refractivity contribution >= 4 is 5.78 Å². The van der Waals surface area contributed by atoms with Crippen molar-refractivity contribution in [3.63, 3.8) is 0 Å². The van der Waals surface area contributed by atoms with E-state index in [4.69, 9.17) is 0 Å². The van der Waals surface area contributed by atoms with Crippen LogP contribution in [-0.4, -0.2) is 5.78 Å². The minimum atomic E-state index is -0.903. The lowest BCUT2D eigenvalue weighted by Gasteiger charge is -2.07. The minimum absolute atomic E-state index is 0.0199. The third-order valence-electron chi connectivity index (χ3n) is 2.69. The standard InChI is InChI=1S/C13H16F2O/c1-3-9(2)7-11(16)8-10-5-4-6-12(14)13(10)15/h4-6,9H,3,7-8H2,1-2H3. The number of carbonyl (C=O) groups excluding carboxylic acids is 1. The monoisotopic (exact) mass is 226 g/mol. The van der Waals surface area contributed by atoms with Gasteiger partial charge >= 0.3 is 0 Å². The van der Waals surface area contributed by atoms with E-state index in [1.807, 2.05) is 13.8 Å². The van der Waals surface area contributed by atoms with Gasteiger partial charge < -0.3 is 0 Å². The maximum Gasteiger partial charge on any atom is 0.162 e. The van der Waals surface area contributed by atoms with E-state index in [1.54, 1.807) is 0 Å². The number of benzene rings is 1. The van der Waals surface area contributed by atoms with Gasteiger partial charge in [-0.25, -0.2) is 8.78 Å². The van der Waals surface area contributed by atoms with E-state index in [0.29, 0.717) is 12.3 Å². The first kappa shape index (κ1) is 12.8. The Balaban J connectivity index is 2.66. The van der Waals surface area contributed by atoms with Crippen molar-refractivity contribution in [2.75, 3.05) is 0 Å². The summed E-state index contributed by atoms with van der Waals surface area (Å²) in [4.78, 5) is 11.6. The third-order valence-corrected chi connectivity index (χ3v) is 2.69. The molecule has 1 unspecified atom stereocenters. The average molecular weight is 226 g/mol. The summed E-state index contributed by atoms with van der Waals surface area (Å²) in [5, 5.41) is 0. The molecule has 0 N–H and O–H groups in total. The minimum Gasteiger partial charge on any atom is -0.299 e. The van der Waals surface area contributed by atoms with E-state index in [-0.39, 0.29) is 17.8 Å². The van der Waals surface area contributed by atoms with Gasteiger partial charge in [0.25, 0.3) is 0 Å². The summed E-state index contributed by atoms with van der Waals surface area (Å²) in [6.45, 7) is 3.97. The Labute approximate surface area is 94.5 Å². The summed E-state index contributed by atoms with van der Waals surface area (Å²) < 4.78 is 26.1. The summed E-state index contributed by atoms with van der Waals surface area (Å²) in [7, 11) is 0. The molecule has 1 aromatic rings. The van der Waals surface area contributed by atoms with Gasteiger partial charge in [0.2, 0.25) is 0 Å². The second-order valence-corrected chi connectivity index (χ2v) is 4.15. The van der Waals surface area contributed by atoms with E-state index in [2.05, 4.69) is 0 Å². The number of Topliss-reactive ketones (excluding diaryl/α,β-unsaturated/α-hetero) is 1. The average Bonchev–Trinajstić information content (AvgIpc) is 2.24. The maximum atomic E-state index is 13.3. The molecule has 16 heavy (non-hydrogen) atoms. The van der Waals surface area contributed by atoms with Crippen LogP contribution in [0.5, 0.6) is 0 Å². The van der Waals surface area contributed by atoms with Crippen molar-refractivity contribution in [1.29, 1.82) is 0 Å². The number of ketones is 1. The molecule has 0 spiro atoms. The van der Waals surface area contributed by atoms with E-state index in [0.717, 1.165) is 12.5 Å². The number of rotatable bonds is 5. The SMILES string of the molecule is CCC(C)CC(=O)Cc1cccc(F)c1F. The quantitative estimate of drug-likeness (QED) is 0.750. The molecule has 1 rings (SSSR count). The fraction of sp³-hybridized carbons (Fsp3) is 0.462. The molecule has 3 heteroatoms. The predicted molar refractivity (Wildman–Crippen MR) is 59.1 cm³/mol. The van der Waals surface area contributed by atoms with Crippen LogP contribution in [0.15, 0.2) is 18.2 Å². The summed E-state index contributed by atoms with van der Waals surface area (Å²) in [5.41, 5.74) is 0.147. The van der Waals surface area contributed by atoms with Gasteiger partial charge in [0.1, 0.15) is 5.78 Å². The lowest BCUT2D eigenvalue weighted by Crippen LogP contribution is -2.09. The third kappa shape index (κ3) is 3.40. The first-order chi connectivity index (χ1) is 7.54. The fourth-order valence-electron chi connectivity index (χ4n) is 1.50. The van der Waals surface area contributed by atoms with Gasteiger partial charge in [0, 0.05) is 12.8 Å². The zero-order chi connectivity index (χ0) is 12.1. The van der Waals surface area contributed by atoms with Crippen LogP contribution in [0.2, 0.25) is 0 Å². The van der Waals surface area contributed by atoms with E-state index < -0.39 is 11.6 Å². The van der Waals surface area contributed by atoms with Crippen molar-refractivity contribution in [1.82, 2.24) is 0 Å². The molecule has 0 aliphatic carbocycles. The molecule has 88 valence electrons. The molecule has 0 aromatic heterocycles. The van der Waals surface area contributed by atoms with E-state index >= 15 is 0 Å². The van der Waals surface area contributed by atoms with Crippen molar-refractivity contribution < 1.29 is 13.6 Å². The first-order valence-corrected chi connectivity index (χ1v) is 5.49. The molecular weight excluding hydrogens is 210 g/mol. The summed E-state index contributed by atoms with van der Waals surface area (Å²) in [5.74, 6) is -1.54. The second-order valence-electron chi connectivity index (χ2n) is 4.15. The molecular formula is C13H16F2O. The summed E-state index contributed by atoms with van der Waals surface area (Å²) in [6.07, 6.45) is 1.32. The highest BCUT2D eigenvalue weighted by Crippen LogP contribution is 2.15. The van der Waals surface area contributed by atoms with Gasteiger partial charge in [-0.15, -0.1) is 0 Å². The normalized spacial score (nSPS) is 12.5. The van der Waals surface area contributed by atoms with Gasteiger partial charge in [-0.3, -0.25) is 4.79 Å². The maximum absolute atomic E-state index is 13.3. The molecule has 0 saturated heterocycles. The van der Waals surface area contributed by atoms with Gasteiger partial charge in [-0.05, 0) is 17.5 Å². The van der Waals surface area contributed by atoms with Crippen LogP contribution in [0.25, 0.3) is 0 Å². The van der Waals surface area contributed by atoms with Gasteiger partial charge in [-0.1, -0.05) is 32.4 Å². The number of carbonyl (C=O) groups is 1. The van der Waals surface area contributed by atoms with Crippen molar-refractivity contribution in [2.45, 2.75) is 33.1 Å². The fourth-order valence-corrected chi connectivity index (χ4v) is 1.50. The Bertz CT molecular complexity index is 374. The zero-order valence-corrected chi connectivity index (χ0v) is 9.59. The molecule has 0 radical (unpaired) electrons. The lowest BCUT2D eigenvalue weighted by molar-refractivity contribution is -0.119. The smallest absolute Gasteiger partial charge is 0.162 e. The highest BCUT2D eigenvalue weighted by atomic mass is 19.2.